The van der Waals surface area contributed by atoms with Gasteiger partial charge in [0, 0.05) is 11.9 Å². The zero-order valence-corrected chi connectivity index (χ0v) is 16.4. The van der Waals surface area contributed by atoms with Crippen LogP contribution in [0.25, 0.3) is 5.69 Å². The Morgan fingerprint density at radius 1 is 1.18 bits per heavy atom. The van der Waals surface area contributed by atoms with E-state index in [1.165, 1.54) is 18.2 Å². The van der Waals surface area contributed by atoms with E-state index in [2.05, 4.69) is 9.82 Å². The van der Waals surface area contributed by atoms with E-state index in [-0.39, 0.29) is 10.5 Å². The van der Waals surface area contributed by atoms with Gasteiger partial charge in [-0.2, -0.15) is 10.4 Å². The third kappa shape index (κ3) is 4.32. The molecule has 144 valence electrons. The van der Waals surface area contributed by atoms with Crippen LogP contribution in [0, 0.1) is 18.3 Å². The number of rotatable bonds is 7. The van der Waals surface area contributed by atoms with Gasteiger partial charge in [-0.05, 0) is 61.9 Å². The molecule has 0 amide bonds. The molecule has 3 rings (SSSR count). The molecule has 0 unspecified atom stereocenters. The van der Waals surface area contributed by atoms with Crippen molar-refractivity contribution in [1.29, 1.82) is 5.26 Å². The van der Waals surface area contributed by atoms with Crippen molar-refractivity contribution in [2.75, 3.05) is 11.3 Å². The predicted octanol–water partition coefficient (Wildman–Crippen LogP) is 3.64. The van der Waals surface area contributed by atoms with Gasteiger partial charge in [-0.25, -0.2) is 13.1 Å². The van der Waals surface area contributed by atoms with Crippen LogP contribution in [-0.2, 0) is 10.0 Å². The Morgan fingerprint density at radius 3 is 2.54 bits per heavy atom. The average molecular weight is 396 g/mol. The summed E-state index contributed by atoms with van der Waals surface area (Å²) in [4.78, 5) is -0.000300. The quantitative estimate of drug-likeness (QED) is 0.657. The van der Waals surface area contributed by atoms with E-state index in [1.54, 1.807) is 28.9 Å². The molecule has 0 aliphatic rings. The SMILES string of the molecule is CCCOc1ccc(S(=O)(=O)Nc2ccc(-n3ccc(C)n3)cc2)cc1C#N. The summed E-state index contributed by atoms with van der Waals surface area (Å²) < 4.78 is 35.1. The minimum atomic E-state index is -3.84. The number of hydrogen-bond donors (Lipinski definition) is 1. The Bertz CT molecular complexity index is 1110. The van der Waals surface area contributed by atoms with E-state index in [0.717, 1.165) is 17.8 Å². The summed E-state index contributed by atoms with van der Waals surface area (Å²) in [5, 5.41) is 13.6. The highest BCUT2D eigenvalue weighted by molar-refractivity contribution is 7.92. The van der Waals surface area contributed by atoms with Gasteiger partial charge in [-0.1, -0.05) is 6.92 Å². The number of sulfonamides is 1. The molecule has 0 saturated carbocycles. The fourth-order valence-corrected chi connectivity index (χ4v) is 3.64. The molecular formula is C20H20N4O3S. The van der Waals surface area contributed by atoms with Crippen LogP contribution in [-0.4, -0.2) is 24.8 Å². The molecule has 0 spiro atoms. The number of hydrogen-bond acceptors (Lipinski definition) is 5. The Hall–Kier alpha value is -3.31. The van der Waals surface area contributed by atoms with Gasteiger partial charge in [0.25, 0.3) is 10.0 Å². The molecule has 7 nitrogen and oxygen atoms in total. The maximum atomic E-state index is 12.7. The van der Waals surface area contributed by atoms with Crippen LogP contribution in [0.15, 0.2) is 59.6 Å². The average Bonchev–Trinajstić information content (AvgIpc) is 3.12. The van der Waals surface area contributed by atoms with Crippen molar-refractivity contribution in [3.05, 3.63) is 66.0 Å². The standard InChI is InChI=1S/C20H20N4O3S/c1-3-12-27-20-9-8-19(13-16(20)14-21)28(25,26)23-17-4-6-18(7-5-17)24-11-10-15(2)22-24/h4-11,13,23H,3,12H2,1-2H3. The summed E-state index contributed by atoms with van der Waals surface area (Å²) in [5.74, 6) is 0.377. The van der Waals surface area contributed by atoms with Crippen molar-refractivity contribution in [2.24, 2.45) is 0 Å². The van der Waals surface area contributed by atoms with Crippen LogP contribution in [0.3, 0.4) is 0 Å². The highest BCUT2D eigenvalue weighted by atomic mass is 32.2. The number of anilines is 1. The summed E-state index contributed by atoms with van der Waals surface area (Å²) in [6.45, 7) is 4.31. The molecule has 0 aliphatic heterocycles. The zero-order chi connectivity index (χ0) is 20.1. The molecule has 1 heterocycles. The summed E-state index contributed by atoms with van der Waals surface area (Å²) in [6.07, 6.45) is 2.63. The number of benzene rings is 2. The minimum Gasteiger partial charge on any atom is -0.492 e. The third-order valence-electron chi connectivity index (χ3n) is 3.95. The largest absolute Gasteiger partial charge is 0.492 e. The first kappa shape index (κ1) is 19.5. The van der Waals surface area contributed by atoms with Crippen molar-refractivity contribution in [1.82, 2.24) is 9.78 Å². The van der Waals surface area contributed by atoms with E-state index in [0.29, 0.717) is 18.0 Å². The van der Waals surface area contributed by atoms with Crippen molar-refractivity contribution in [2.45, 2.75) is 25.2 Å². The van der Waals surface area contributed by atoms with Gasteiger partial charge in [0.1, 0.15) is 11.8 Å². The number of aromatic nitrogens is 2. The molecule has 0 radical (unpaired) electrons. The Morgan fingerprint density at radius 2 is 1.93 bits per heavy atom. The van der Waals surface area contributed by atoms with Crippen LogP contribution in [0.1, 0.15) is 24.6 Å². The first-order chi connectivity index (χ1) is 13.4. The first-order valence-electron chi connectivity index (χ1n) is 8.75. The summed E-state index contributed by atoms with van der Waals surface area (Å²) in [5.41, 5.74) is 2.31. The monoisotopic (exact) mass is 396 g/mol. The van der Waals surface area contributed by atoms with Gasteiger partial charge in [0.15, 0.2) is 0 Å². The predicted molar refractivity (Wildman–Crippen MR) is 106 cm³/mol. The number of nitrogens with one attached hydrogen (secondary N) is 1. The fourth-order valence-electron chi connectivity index (χ4n) is 2.56. The molecule has 0 atom stereocenters. The molecule has 0 fully saturated rings. The molecule has 1 aromatic heterocycles. The topological polar surface area (TPSA) is 97.0 Å². The highest BCUT2D eigenvalue weighted by Crippen LogP contribution is 2.24. The van der Waals surface area contributed by atoms with Crippen LogP contribution in [0.5, 0.6) is 5.75 Å². The van der Waals surface area contributed by atoms with Crippen LogP contribution < -0.4 is 9.46 Å². The van der Waals surface area contributed by atoms with E-state index in [4.69, 9.17) is 4.74 Å². The smallest absolute Gasteiger partial charge is 0.261 e. The number of ether oxygens (including phenoxy) is 1. The molecule has 28 heavy (non-hydrogen) atoms. The Balaban J connectivity index is 1.80. The summed E-state index contributed by atoms with van der Waals surface area (Å²) >= 11 is 0. The van der Waals surface area contributed by atoms with Gasteiger partial charge in [0.2, 0.25) is 0 Å². The molecule has 0 aliphatic carbocycles. The normalized spacial score (nSPS) is 11.0. The lowest BCUT2D eigenvalue weighted by atomic mass is 10.2. The summed E-state index contributed by atoms with van der Waals surface area (Å²) in [6, 6.07) is 15.0. The van der Waals surface area contributed by atoms with Gasteiger partial charge in [-0.3, -0.25) is 4.72 Å². The zero-order valence-electron chi connectivity index (χ0n) is 15.6. The molecule has 0 bridgehead atoms. The van der Waals surface area contributed by atoms with Gasteiger partial charge >= 0.3 is 0 Å². The van der Waals surface area contributed by atoms with Crippen molar-refractivity contribution < 1.29 is 13.2 Å². The molecule has 3 aromatic rings. The second-order valence-electron chi connectivity index (χ2n) is 6.17. The fraction of sp³-hybridized carbons (Fsp3) is 0.200. The lowest BCUT2D eigenvalue weighted by Gasteiger charge is -2.11. The maximum Gasteiger partial charge on any atom is 0.261 e. The molecule has 1 N–H and O–H groups in total. The highest BCUT2D eigenvalue weighted by Gasteiger charge is 2.17. The lowest BCUT2D eigenvalue weighted by Crippen LogP contribution is -2.13. The number of nitrogens with zero attached hydrogens (tertiary/aromatic N) is 3. The van der Waals surface area contributed by atoms with Crippen LogP contribution in [0.4, 0.5) is 5.69 Å². The van der Waals surface area contributed by atoms with Crippen molar-refractivity contribution in [3.8, 4) is 17.5 Å². The Kier molecular flexibility index (Phi) is 5.66. The molecule has 2 aromatic carbocycles. The first-order valence-corrected chi connectivity index (χ1v) is 10.2. The molecule has 8 heteroatoms. The second-order valence-corrected chi connectivity index (χ2v) is 7.85. The van der Waals surface area contributed by atoms with E-state index in [1.807, 2.05) is 32.2 Å². The maximum absolute atomic E-state index is 12.7. The van der Waals surface area contributed by atoms with Crippen LogP contribution >= 0.6 is 0 Å². The third-order valence-corrected chi connectivity index (χ3v) is 5.33. The lowest BCUT2D eigenvalue weighted by molar-refractivity contribution is 0.316. The second kappa shape index (κ2) is 8.15. The van der Waals surface area contributed by atoms with Crippen LogP contribution in [0.2, 0.25) is 0 Å². The van der Waals surface area contributed by atoms with E-state index >= 15 is 0 Å². The van der Waals surface area contributed by atoms with Gasteiger partial charge in [-0.15, -0.1) is 0 Å². The molecular weight excluding hydrogens is 376 g/mol. The van der Waals surface area contributed by atoms with E-state index in [9.17, 15) is 13.7 Å². The molecule has 0 saturated heterocycles. The number of aryl methyl sites for hydroxylation is 1. The van der Waals surface area contributed by atoms with Gasteiger partial charge in [0.05, 0.1) is 28.4 Å². The van der Waals surface area contributed by atoms with Gasteiger partial charge < -0.3 is 4.74 Å². The van der Waals surface area contributed by atoms with Crippen molar-refractivity contribution >= 4 is 15.7 Å². The summed E-state index contributed by atoms with van der Waals surface area (Å²) in [7, 11) is -3.84. The van der Waals surface area contributed by atoms with E-state index < -0.39 is 10.0 Å². The minimum absolute atomic E-state index is 0.000300. The number of nitriles is 1. The Labute approximate surface area is 164 Å². The van der Waals surface area contributed by atoms with Crippen molar-refractivity contribution in [3.63, 3.8) is 0 Å².